The maximum Gasteiger partial charge on any atom is 0.265 e. The molecule has 0 fully saturated rings. The minimum atomic E-state index is -1.00. The van der Waals surface area contributed by atoms with E-state index in [4.69, 9.17) is 6.42 Å². The van der Waals surface area contributed by atoms with E-state index >= 15 is 0 Å². The molecule has 0 bridgehead atoms. The summed E-state index contributed by atoms with van der Waals surface area (Å²) >= 11 is 0. The molecule has 1 aliphatic heterocycles. The summed E-state index contributed by atoms with van der Waals surface area (Å²) in [6.07, 6.45) is 6.25. The zero-order valence-corrected chi connectivity index (χ0v) is 9.84. The van der Waals surface area contributed by atoms with Gasteiger partial charge in [0.05, 0.1) is 12.2 Å². The molecule has 0 aliphatic carbocycles. The molecule has 1 aromatic rings. The number of benzene rings is 1. The Morgan fingerprint density at radius 3 is 2.79 bits per heavy atom. The maximum atomic E-state index is 12.8. The van der Waals surface area contributed by atoms with Crippen molar-refractivity contribution in [1.82, 2.24) is 5.32 Å². The predicted octanol–water partition coefficient (Wildman–Crippen LogP) is 0.524. The average Bonchev–Trinajstić information content (AvgIpc) is 2.79. The molecule has 1 aliphatic rings. The summed E-state index contributed by atoms with van der Waals surface area (Å²) < 4.78 is 12.8. The van der Waals surface area contributed by atoms with Crippen molar-refractivity contribution in [3.05, 3.63) is 30.1 Å². The first-order valence-electron chi connectivity index (χ1n) is 5.48. The van der Waals surface area contributed by atoms with Crippen molar-refractivity contribution >= 4 is 23.7 Å². The highest BCUT2D eigenvalue weighted by molar-refractivity contribution is 6.21. The molecule has 0 unspecified atom stereocenters. The fourth-order valence-electron chi connectivity index (χ4n) is 1.59. The molecule has 1 heterocycles. The third kappa shape index (κ3) is 2.60. The number of amides is 2. The van der Waals surface area contributed by atoms with E-state index in [1.54, 1.807) is 0 Å². The maximum absolute atomic E-state index is 12.8. The van der Waals surface area contributed by atoms with Crippen LogP contribution < -0.4 is 10.3 Å². The van der Waals surface area contributed by atoms with Gasteiger partial charge in [0, 0.05) is 6.21 Å². The molecule has 0 aromatic heterocycles. The van der Waals surface area contributed by atoms with E-state index in [1.165, 1.54) is 30.5 Å². The van der Waals surface area contributed by atoms with Gasteiger partial charge < -0.3 is 5.32 Å². The topological polar surface area (TPSA) is 61.8 Å². The lowest BCUT2D eigenvalue weighted by atomic mass is 10.1. The molecule has 0 saturated carbocycles. The van der Waals surface area contributed by atoms with Gasteiger partial charge in [-0.1, -0.05) is 5.92 Å². The molecule has 0 spiro atoms. The van der Waals surface area contributed by atoms with E-state index in [-0.39, 0.29) is 6.54 Å². The van der Waals surface area contributed by atoms with Crippen molar-refractivity contribution in [3.63, 3.8) is 0 Å². The number of carbonyl (C=O) groups is 2. The molecule has 5 nitrogen and oxygen atoms in total. The fraction of sp³-hybridized carbons (Fsp3) is 0.154. The van der Waals surface area contributed by atoms with Gasteiger partial charge in [-0.25, -0.2) is 9.40 Å². The summed E-state index contributed by atoms with van der Waals surface area (Å²) in [6.45, 7) is 0.0486. The monoisotopic (exact) mass is 259 g/mol. The van der Waals surface area contributed by atoms with Gasteiger partial charge in [-0.2, -0.15) is 5.10 Å². The fourth-order valence-corrected chi connectivity index (χ4v) is 1.59. The van der Waals surface area contributed by atoms with Gasteiger partial charge in [-0.15, -0.1) is 6.42 Å². The van der Waals surface area contributed by atoms with Crippen LogP contribution in [0.4, 0.5) is 10.1 Å². The molecule has 1 aromatic carbocycles. The summed E-state index contributed by atoms with van der Waals surface area (Å²) in [7, 11) is 0. The van der Waals surface area contributed by atoms with Crippen molar-refractivity contribution in [2.75, 3.05) is 11.6 Å². The number of hydrogen-bond acceptors (Lipinski definition) is 3. The summed E-state index contributed by atoms with van der Waals surface area (Å²) in [5, 5.41) is 7.32. The van der Waals surface area contributed by atoms with Gasteiger partial charge in [-0.3, -0.25) is 9.59 Å². The lowest BCUT2D eigenvalue weighted by Crippen LogP contribution is -2.38. The highest BCUT2D eigenvalue weighted by Crippen LogP contribution is 2.21. The summed E-state index contributed by atoms with van der Waals surface area (Å²) in [4.78, 5) is 23.6. The molecular weight excluding hydrogens is 249 g/mol. The van der Waals surface area contributed by atoms with Crippen molar-refractivity contribution in [2.45, 2.75) is 0 Å². The van der Waals surface area contributed by atoms with Crippen molar-refractivity contribution in [1.29, 1.82) is 0 Å². The van der Waals surface area contributed by atoms with E-state index in [2.05, 4.69) is 16.3 Å². The van der Waals surface area contributed by atoms with Crippen LogP contribution in [-0.2, 0) is 9.59 Å². The Kier molecular flexibility index (Phi) is 3.57. The standard InChI is InChI=1S/C13H10FN3O2/c1-2-7-15-12(18)11-8-16-17(13(11)19)10-5-3-9(14)4-6-10/h1,3-6,8,11H,7H2,(H,15,18)/t11-/m1/s1. The molecule has 19 heavy (non-hydrogen) atoms. The number of carbonyl (C=O) groups excluding carboxylic acids is 2. The lowest BCUT2D eigenvalue weighted by molar-refractivity contribution is -0.130. The Morgan fingerprint density at radius 1 is 1.47 bits per heavy atom. The molecule has 1 atom stereocenters. The summed E-state index contributed by atoms with van der Waals surface area (Å²) in [6, 6.07) is 5.24. The molecule has 96 valence electrons. The molecule has 0 saturated heterocycles. The first-order chi connectivity index (χ1) is 9.13. The Morgan fingerprint density at radius 2 is 2.16 bits per heavy atom. The van der Waals surface area contributed by atoms with Crippen molar-refractivity contribution < 1.29 is 14.0 Å². The Hall–Kier alpha value is -2.68. The van der Waals surface area contributed by atoms with Gasteiger partial charge in [0.1, 0.15) is 5.82 Å². The first kappa shape index (κ1) is 12.8. The van der Waals surface area contributed by atoms with Gasteiger partial charge in [-0.05, 0) is 24.3 Å². The number of nitrogens with one attached hydrogen (secondary N) is 1. The molecule has 2 rings (SSSR count). The number of halogens is 1. The molecule has 2 amide bonds. The Labute approximate surface area is 109 Å². The highest BCUT2D eigenvalue weighted by Gasteiger charge is 2.34. The van der Waals surface area contributed by atoms with E-state index in [9.17, 15) is 14.0 Å². The molecule has 6 heteroatoms. The van der Waals surface area contributed by atoms with Crippen molar-refractivity contribution in [3.8, 4) is 12.3 Å². The smallest absolute Gasteiger partial charge is 0.265 e. The molecule has 1 N–H and O–H groups in total. The number of terminal acetylenes is 1. The summed E-state index contributed by atoms with van der Waals surface area (Å²) in [5.74, 6) is -0.175. The van der Waals surface area contributed by atoms with E-state index in [0.29, 0.717) is 5.69 Å². The van der Waals surface area contributed by atoms with Crippen molar-refractivity contribution in [2.24, 2.45) is 11.0 Å². The minimum absolute atomic E-state index is 0.0486. The second-order valence-corrected chi connectivity index (χ2v) is 3.79. The highest BCUT2D eigenvalue weighted by atomic mass is 19.1. The summed E-state index contributed by atoms with van der Waals surface area (Å²) in [5.41, 5.74) is 0.398. The second kappa shape index (κ2) is 5.31. The molecular formula is C13H10FN3O2. The predicted molar refractivity (Wildman–Crippen MR) is 67.7 cm³/mol. The van der Waals surface area contributed by atoms with Gasteiger partial charge in [0.25, 0.3) is 5.91 Å². The third-order valence-corrected chi connectivity index (χ3v) is 2.52. The molecule has 0 radical (unpaired) electrons. The van der Waals surface area contributed by atoms with Crippen LogP contribution in [0.15, 0.2) is 29.4 Å². The van der Waals surface area contributed by atoms with Crippen LogP contribution in [-0.4, -0.2) is 24.6 Å². The number of anilines is 1. The van der Waals surface area contributed by atoms with Crippen LogP contribution in [0, 0.1) is 24.1 Å². The van der Waals surface area contributed by atoms with Crippen LogP contribution in [0.1, 0.15) is 0 Å². The zero-order chi connectivity index (χ0) is 13.8. The first-order valence-corrected chi connectivity index (χ1v) is 5.48. The van der Waals surface area contributed by atoms with Gasteiger partial charge >= 0.3 is 0 Å². The van der Waals surface area contributed by atoms with Gasteiger partial charge in [0.15, 0.2) is 5.92 Å². The SMILES string of the molecule is C#CCNC(=O)[C@H]1C=NN(c2ccc(F)cc2)C1=O. The number of hydrogen-bond donors (Lipinski definition) is 1. The zero-order valence-electron chi connectivity index (χ0n) is 9.84. The van der Waals surface area contributed by atoms with E-state index in [1.807, 2.05) is 0 Å². The van der Waals surface area contributed by atoms with E-state index in [0.717, 1.165) is 5.01 Å². The third-order valence-electron chi connectivity index (χ3n) is 2.52. The largest absolute Gasteiger partial charge is 0.344 e. The average molecular weight is 259 g/mol. The second-order valence-electron chi connectivity index (χ2n) is 3.79. The van der Waals surface area contributed by atoms with Crippen LogP contribution in [0.2, 0.25) is 0 Å². The van der Waals surface area contributed by atoms with Crippen LogP contribution >= 0.6 is 0 Å². The minimum Gasteiger partial charge on any atom is -0.344 e. The number of nitrogens with zero attached hydrogens (tertiary/aromatic N) is 2. The lowest BCUT2D eigenvalue weighted by Gasteiger charge is -2.13. The number of hydrazone groups is 1. The number of rotatable bonds is 3. The van der Waals surface area contributed by atoms with E-state index < -0.39 is 23.5 Å². The van der Waals surface area contributed by atoms with Crippen LogP contribution in [0.25, 0.3) is 0 Å². The van der Waals surface area contributed by atoms with Crippen LogP contribution in [0.5, 0.6) is 0 Å². The quantitative estimate of drug-likeness (QED) is 0.635. The Bertz CT molecular complexity index is 575. The normalized spacial score (nSPS) is 17.4. The van der Waals surface area contributed by atoms with Crippen LogP contribution in [0.3, 0.4) is 0 Å². The van der Waals surface area contributed by atoms with Gasteiger partial charge in [0.2, 0.25) is 5.91 Å². The Balaban J connectivity index is 2.10.